The van der Waals surface area contributed by atoms with E-state index in [1.807, 2.05) is 21.9 Å². The lowest BCUT2D eigenvalue weighted by Crippen LogP contribution is -2.50. The second kappa shape index (κ2) is 7.74. The first-order valence-corrected chi connectivity index (χ1v) is 8.11. The molecular formula is C16H19ClN4O3. The van der Waals surface area contributed by atoms with Gasteiger partial charge in [-0.05, 0) is 24.3 Å². The first-order valence-electron chi connectivity index (χ1n) is 7.73. The van der Waals surface area contributed by atoms with Gasteiger partial charge >= 0.3 is 0 Å². The summed E-state index contributed by atoms with van der Waals surface area (Å²) in [7, 11) is 1.63. The van der Waals surface area contributed by atoms with Gasteiger partial charge in [0.2, 0.25) is 17.6 Å². The molecule has 3 rings (SSSR count). The highest BCUT2D eigenvalue weighted by Gasteiger charge is 2.25. The third-order valence-corrected chi connectivity index (χ3v) is 4.14. The minimum absolute atomic E-state index is 0.0933. The summed E-state index contributed by atoms with van der Waals surface area (Å²) in [6.07, 6.45) is 0. The summed E-state index contributed by atoms with van der Waals surface area (Å²) < 4.78 is 10.3. The summed E-state index contributed by atoms with van der Waals surface area (Å²) in [5, 5.41) is 4.65. The molecule has 2 aromatic rings. The predicted molar refractivity (Wildman–Crippen MR) is 88.5 cm³/mol. The van der Waals surface area contributed by atoms with E-state index < -0.39 is 0 Å². The number of hydrogen-bond acceptors (Lipinski definition) is 6. The number of ether oxygens (including phenoxy) is 1. The molecule has 1 fully saturated rings. The Hall–Kier alpha value is -1.96. The molecule has 128 valence electrons. The van der Waals surface area contributed by atoms with Crippen LogP contribution in [0.1, 0.15) is 5.89 Å². The largest absolute Gasteiger partial charge is 0.383 e. The van der Waals surface area contributed by atoms with Crippen molar-refractivity contribution in [1.29, 1.82) is 0 Å². The first-order chi connectivity index (χ1) is 11.7. The van der Waals surface area contributed by atoms with Crippen LogP contribution in [-0.2, 0) is 16.1 Å². The quantitative estimate of drug-likeness (QED) is 0.789. The van der Waals surface area contributed by atoms with Crippen LogP contribution in [0.2, 0.25) is 5.02 Å². The molecule has 24 heavy (non-hydrogen) atoms. The van der Waals surface area contributed by atoms with E-state index in [1.54, 1.807) is 19.2 Å². The van der Waals surface area contributed by atoms with E-state index >= 15 is 0 Å². The van der Waals surface area contributed by atoms with Crippen LogP contribution in [-0.4, -0.2) is 65.7 Å². The maximum atomic E-state index is 12.1. The second-order valence-corrected chi connectivity index (χ2v) is 6.04. The van der Waals surface area contributed by atoms with E-state index in [0.717, 1.165) is 12.1 Å². The summed E-state index contributed by atoms with van der Waals surface area (Å²) in [6, 6.07) is 7.25. The Balaban J connectivity index is 1.57. The number of carbonyl (C=O) groups is 1. The van der Waals surface area contributed by atoms with E-state index in [0.29, 0.717) is 49.5 Å². The molecule has 0 aliphatic carbocycles. The first kappa shape index (κ1) is 16.9. The maximum Gasteiger partial charge on any atom is 0.241 e. The van der Waals surface area contributed by atoms with Crippen molar-refractivity contribution in [3.05, 3.63) is 35.2 Å². The number of benzene rings is 1. The normalized spacial score (nSPS) is 15.9. The molecule has 1 amide bonds. The maximum absolute atomic E-state index is 12.1. The summed E-state index contributed by atoms with van der Waals surface area (Å²) in [6.45, 7) is 3.45. The molecular weight excluding hydrogens is 332 g/mol. The van der Waals surface area contributed by atoms with Crippen LogP contribution in [0.4, 0.5) is 0 Å². The fourth-order valence-corrected chi connectivity index (χ4v) is 2.68. The van der Waals surface area contributed by atoms with E-state index in [4.69, 9.17) is 20.9 Å². The summed E-state index contributed by atoms with van der Waals surface area (Å²) in [5.74, 6) is 1.11. The van der Waals surface area contributed by atoms with Gasteiger partial charge in [-0.3, -0.25) is 9.69 Å². The van der Waals surface area contributed by atoms with Gasteiger partial charge in [0, 0.05) is 37.3 Å². The van der Waals surface area contributed by atoms with Crippen molar-refractivity contribution in [2.24, 2.45) is 0 Å². The van der Waals surface area contributed by atoms with Crippen LogP contribution >= 0.6 is 11.6 Å². The molecule has 8 heteroatoms. The molecule has 0 spiro atoms. The molecule has 1 saturated heterocycles. The Morgan fingerprint density at radius 3 is 2.79 bits per heavy atom. The standard InChI is InChI=1S/C16H19ClN4O3/c1-23-9-8-21-7-6-20(11-15(21)22)10-14-18-16(19-24-14)12-2-4-13(17)5-3-12/h2-5H,6-11H2,1H3. The zero-order valence-electron chi connectivity index (χ0n) is 13.4. The zero-order chi connectivity index (χ0) is 16.9. The van der Waals surface area contributed by atoms with Crippen molar-refractivity contribution in [2.75, 3.05) is 39.9 Å². The van der Waals surface area contributed by atoms with Crippen molar-refractivity contribution >= 4 is 17.5 Å². The van der Waals surface area contributed by atoms with Gasteiger partial charge in [0.05, 0.1) is 19.7 Å². The molecule has 7 nitrogen and oxygen atoms in total. The Morgan fingerprint density at radius 2 is 2.08 bits per heavy atom. The molecule has 0 atom stereocenters. The lowest BCUT2D eigenvalue weighted by Gasteiger charge is -2.33. The lowest BCUT2D eigenvalue weighted by atomic mass is 10.2. The fourth-order valence-electron chi connectivity index (χ4n) is 2.56. The summed E-state index contributed by atoms with van der Waals surface area (Å²) in [4.78, 5) is 20.3. The van der Waals surface area contributed by atoms with E-state index in [9.17, 15) is 4.79 Å². The minimum Gasteiger partial charge on any atom is -0.383 e. The van der Waals surface area contributed by atoms with Gasteiger partial charge in [-0.2, -0.15) is 4.98 Å². The number of hydrogen-bond donors (Lipinski definition) is 0. The van der Waals surface area contributed by atoms with Crippen molar-refractivity contribution in [2.45, 2.75) is 6.54 Å². The lowest BCUT2D eigenvalue weighted by molar-refractivity contribution is -0.137. The molecule has 0 N–H and O–H groups in total. The van der Waals surface area contributed by atoms with Gasteiger partial charge in [0.1, 0.15) is 0 Å². The van der Waals surface area contributed by atoms with Crippen molar-refractivity contribution in [3.63, 3.8) is 0 Å². The van der Waals surface area contributed by atoms with Gasteiger partial charge in [-0.1, -0.05) is 16.8 Å². The van der Waals surface area contributed by atoms with Crippen LogP contribution in [0.5, 0.6) is 0 Å². The van der Waals surface area contributed by atoms with Crippen LogP contribution in [0.25, 0.3) is 11.4 Å². The molecule has 0 bridgehead atoms. The Kier molecular flexibility index (Phi) is 5.44. The van der Waals surface area contributed by atoms with Crippen molar-refractivity contribution in [3.8, 4) is 11.4 Å². The molecule has 0 radical (unpaired) electrons. The number of nitrogens with zero attached hydrogens (tertiary/aromatic N) is 4. The third-order valence-electron chi connectivity index (χ3n) is 3.89. The number of halogens is 1. The molecule has 1 aliphatic heterocycles. The number of methoxy groups -OCH3 is 1. The molecule has 1 aliphatic rings. The molecule has 0 unspecified atom stereocenters. The average Bonchev–Trinajstić information content (AvgIpc) is 3.03. The highest BCUT2D eigenvalue weighted by Crippen LogP contribution is 2.19. The highest BCUT2D eigenvalue weighted by atomic mass is 35.5. The molecule has 1 aromatic carbocycles. The summed E-state index contributed by atoms with van der Waals surface area (Å²) >= 11 is 5.88. The van der Waals surface area contributed by atoms with E-state index in [-0.39, 0.29) is 5.91 Å². The monoisotopic (exact) mass is 350 g/mol. The predicted octanol–water partition coefficient (Wildman–Crippen LogP) is 1.68. The van der Waals surface area contributed by atoms with Crippen LogP contribution in [0.15, 0.2) is 28.8 Å². The minimum atomic E-state index is 0.0933. The van der Waals surface area contributed by atoms with Crippen LogP contribution in [0.3, 0.4) is 0 Å². The van der Waals surface area contributed by atoms with Gasteiger partial charge < -0.3 is 14.2 Å². The third kappa shape index (κ3) is 4.11. The number of aromatic nitrogens is 2. The number of rotatable bonds is 6. The number of piperazine rings is 1. The smallest absolute Gasteiger partial charge is 0.241 e. The fraction of sp³-hybridized carbons (Fsp3) is 0.438. The van der Waals surface area contributed by atoms with Gasteiger partial charge in [-0.25, -0.2) is 0 Å². The molecule has 2 heterocycles. The number of amides is 1. The topological polar surface area (TPSA) is 71.7 Å². The Bertz CT molecular complexity index is 689. The van der Waals surface area contributed by atoms with E-state index in [1.165, 1.54) is 0 Å². The molecule has 1 aromatic heterocycles. The molecule has 0 saturated carbocycles. The highest BCUT2D eigenvalue weighted by molar-refractivity contribution is 6.30. The second-order valence-electron chi connectivity index (χ2n) is 5.60. The Labute approximate surface area is 145 Å². The van der Waals surface area contributed by atoms with Gasteiger partial charge in [0.15, 0.2) is 0 Å². The average molecular weight is 351 g/mol. The summed E-state index contributed by atoms with van der Waals surface area (Å²) in [5.41, 5.74) is 0.842. The Morgan fingerprint density at radius 1 is 1.29 bits per heavy atom. The number of carbonyl (C=O) groups excluding carboxylic acids is 1. The van der Waals surface area contributed by atoms with Crippen LogP contribution in [0, 0.1) is 0 Å². The van der Waals surface area contributed by atoms with Gasteiger partial charge in [-0.15, -0.1) is 0 Å². The van der Waals surface area contributed by atoms with E-state index in [2.05, 4.69) is 10.1 Å². The van der Waals surface area contributed by atoms with Crippen molar-refractivity contribution < 1.29 is 14.1 Å². The van der Waals surface area contributed by atoms with Crippen LogP contribution < -0.4 is 0 Å². The van der Waals surface area contributed by atoms with Gasteiger partial charge in [0.25, 0.3) is 0 Å². The zero-order valence-corrected chi connectivity index (χ0v) is 14.2. The SMILES string of the molecule is COCCN1CCN(Cc2nc(-c3ccc(Cl)cc3)no2)CC1=O. The van der Waals surface area contributed by atoms with Crippen molar-refractivity contribution in [1.82, 2.24) is 19.9 Å².